The van der Waals surface area contributed by atoms with Crippen LogP contribution in [-0.4, -0.2) is 16.1 Å². The van der Waals surface area contributed by atoms with Gasteiger partial charge in [0.2, 0.25) is 0 Å². The summed E-state index contributed by atoms with van der Waals surface area (Å²) in [5, 5.41) is 9.14. The van der Waals surface area contributed by atoms with Gasteiger partial charge in [0.15, 0.2) is 0 Å². The van der Waals surface area contributed by atoms with Crippen molar-refractivity contribution in [1.82, 2.24) is 4.98 Å². The Kier molecular flexibility index (Phi) is 2.97. The van der Waals surface area contributed by atoms with Crippen LogP contribution in [0.4, 0.5) is 5.82 Å². The van der Waals surface area contributed by atoms with Crippen LogP contribution in [0.2, 0.25) is 5.02 Å². The van der Waals surface area contributed by atoms with E-state index in [2.05, 4.69) is 4.98 Å². The molecule has 1 aromatic carbocycles. The van der Waals surface area contributed by atoms with Crippen LogP contribution in [0.5, 0.6) is 0 Å². The zero-order chi connectivity index (χ0) is 12.4. The standard InChI is InChI=1S/C12H9ClN2O2/c13-9-6-8(12(16)17)11(14)15-10(9)7-4-2-1-3-5-7/h1-6H,(H2,14,15)(H,16,17). The third kappa shape index (κ3) is 2.21. The van der Waals surface area contributed by atoms with E-state index in [1.165, 1.54) is 6.07 Å². The normalized spacial score (nSPS) is 10.2. The largest absolute Gasteiger partial charge is 0.478 e. The molecule has 0 atom stereocenters. The van der Waals surface area contributed by atoms with Crippen LogP contribution in [0.3, 0.4) is 0 Å². The lowest BCUT2D eigenvalue weighted by Crippen LogP contribution is -2.05. The molecule has 3 N–H and O–H groups in total. The minimum absolute atomic E-state index is 0.0410. The molecule has 0 radical (unpaired) electrons. The van der Waals surface area contributed by atoms with Gasteiger partial charge in [-0.15, -0.1) is 0 Å². The average Bonchev–Trinajstić information content (AvgIpc) is 2.32. The number of nitrogens with zero attached hydrogens (tertiary/aromatic N) is 1. The van der Waals surface area contributed by atoms with Crippen LogP contribution in [0.1, 0.15) is 10.4 Å². The molecule has 2 aromatic rings. The molecule has 86 valence electrons. The second-order valence-electron chi connectivity index (χ2n) is 3.42. The SMILES string of the molecule is Nc1nc(-c2ccccc2)c(Cl)cc1C(=O)O. The first-order chi connectivity index (χ1) is 8.09. The van der Waals surface area contributed by atoms with Crippen LogP contribution in [0, 0.1) is 0 Å². The number of halogens is 1. The maximum absolute atomic E-state index is 10.8. The molecule has 0 unspecified atom stereocenters. The molecule has 0 bridgehead atoms. The Morgan fingerprint density at radius 1 is 1.29 bits per heavy atom. The Morgan fingerprint density at radius 3 is 2.53 bits per heavy atom. The van der Waals surface area contributed by atoms with Gasteiger partial charge < -0.3 is 10.8 Å². The summed E-state index contributed by atoms with van der Waals surface area (Å²) in [6, 6.07) is 10.5. The second kappa shape index (κ2) is 4.43. The van der Waals surface area contributed by atoms with E-state index in [0.717, 1.165) is 5.56 Å². The fourth-order valence-electron chi connectivity index (χ4n) is 1.47. The maximum Gasteiger partial charge on any atom is 0.339 e. The zero-order valence-corrected chi connectivity index (χ0v) is 9.48. The first-order valence-corrected chi connectivity index (χ1v) is 5.22. The van der Waals surface area contributed by atoms with E-state index in [9.17, 15) is 4.79 Å². The lowest BCUT2D eigenvalue weighted by molar-refractivity contribution is 0.0697. The summed E-state index contributed by atoms with van der Waals surface area (Å²) in [4.78, 5) is 14.9. The summed E-state index contributed by atoms with van der Waals surface area (Å²) >= 11 is 6.00. The highest BCUT2D eigenvalue weighted by molar-refractivity contribution is 6.33. The summed E-state index contributed by atoms with van der Waals surface area (Å²) in [6.07, 6.45) is 0. The Hall–Kier alpha value is -2.07. The van der Waals surface area contributed by atoms with E-state index >= 15 is 0 Å². The third-order valence-corrected chi connectivity index (χ3v) is 2.57. The molecule has 0 aliphatic heterocycles. The Bertz CT molecular complexity index is 570. The molecule has 5 heteroatoms. The van der Waals surface area contributed by atoms with E-state index in [0.29, 0.717) is 5.69 Å². The monoisotopic (exact) mass is 248 g/mol. The Balaban J connectivity index is 2.58. The van der Waals surface area contributed by atoms with Gasteiger partial charge in [0.05, 0.1) is 10.7 Å². The fraction of sp³-hybridized carbons (Fsp3) is 0. The predicted octanol–water partition coefficient (Wildman–Crippen LogP) is 2.68. The van der Waals surface area contributed by atoms with E-state index in [-0.39, 0.29) is 16.4 Å². The Labute approximate surface area is 103 Å². The van der Waals surface area contributed by atoms with Gasteiger partial charge in [-0.05, 0) is 6.07 Å². The van der Waals surface area contributed by atoms with Crippen molar-refractivity contribution in [3.05, 3.63) is 47.0 Å². The molecule has 0 saturated carbocycles. The number of aromatic nitrogens is 1. The van der Waals surface area contributed by atoms with Crippen LogP contribution in [0.25, 0.3) is 11.3 Å². The van der Waals surface area contributed by atoms with E-state index in [1.54, 1.807) is 0 Å². The number of nitrogens with two attached hydrogens (primary N) is 1. The minimum atomic E-state index is -1.14. The number of nitrogen functional groups attached to an aromatic ring is 1. The quantitative estimate of drug-likeness (QED) is 0.857. The molecule has 1 heterocycles. The molecule has 17 heavy (non-hydrogen) atoms. The number of carbonyl (C=O) groups is 1. The number of carboxylic acids is 1. The molecule has 0 aliphatic carbocycles. The number of pyridine rings is 1. The fourth-order valence-corrected chi connectivity index (χ4v) is 1.73. The van der Waals surface area contributed by atoms with E-state index < -0.39 is 5.97 Å². The van der Waals surface area contributed by atoms with Crippen LogP contribution in [-0.2, 0) is 0 Å². The van der Waals surface area contributed by atoms with Gasteiger partial charge in [0.1, 0.15) is 11.4 Å². The lowest BCUT2D eigenvalue weighted by atomic mass is 10.1. The topological polar surface area (TPSA) is 76.2 Å². The van der Waals surface area contributed by atoms with Gasteiger partial charge in [-0.2, -0.15) is 0 Å². The molecule has 0 spiro atoms. The molecule has 0 fully saturated rings. The van der Waals surface area contributed by atoms with Crippen LogP contribution in [0.15, 0.2) is 36.4 Å². The molecule has 4 nitrogen and oxygen atoms in total. The van der Waals surface area contributed by atoms with Crippen molar-refractivity contribution in [3.8, 4) is 11.3 Å². The number of carboxylic acid groups (broad SMARTS) is 1. The average molecular weight is 249 g/mol. The first kappa shape index (κ1) is 11.4. The van der Waals surface area contributed by atoms with Crippen molar-refractivity contribution in [2.24, 2.45) is 0 Å². The lowest BCUT2D eigenvalue weighted by Gasteiger charge is -2.07. The van der Waals surface area contributed by atoms with Crippen LogP contribution < -0.4 is 5.73 Å². The van der Waals surface area contributed by atoms with Gasteiger partial charge >= 0.3 is 5.97 Å². The zero-order valence-electron chi connectivity index (χ0n) is 8.72. The van der Waals surface area contributed by atoms with Gasteiger partial charge in [-0.3, -0.25) is 0 Å². The van der Waals surface area contributed by atoms with Crippen molar-refractivity contribution in [3.63, 3.8) is 0 Å². The van der Waals surface area contributed by atoms with Crippen molar-refractivity contribution in [1.29, 1.82) is 0 Å². The molecule has 0 aliphatic rings. The predicted molar refractivity (Wildman–Crippen MR) is 66.1 cm³/mol. The molecule has 2 rings (SSSR count). The number of rotatable bonds is 2. The van der Waals surface area contributed by atoms with Gasteiger partial charge in [0, 0.05) is 5.56 Å². The number of benzene rings is 1. The summed E-state index contributed by atoms with van der Waals surface area (Å²) in [5.41, 5.74) is 6.76. The van der Waals surface area contributed by atoms with Crippen LogP contribution >= 0.6 is 11.6 Å². The summed E-state index contributed by atoms with van der Waals surface area (Å²) in [7, 11) is 0. The number of anilines is 1. The molecular formula is C12H9ClN2O2. The third-order valence-electron chi connectivity index (χ3n) is 2.28. The molecule has 1 aromatic heterocycles. The van der Waals surface area contributed by atoms with E-state index in [4.69, 9.17) is 22.4 Å². The minimum Gasteiger partial charge on any atom is -0.478 e. The van der Waals surface area contributed by atoms with Gasteiger partial charge in [0.25, 0.3) is 0 Å². The second-order valence-corrected chi connectivity index (χ2v) is 3.83. The summed E-state index contributed by atoms with van der Waals surface area (Å²) in [5.74, 6) is -1.18. The number of hydrogen-bond acceptors (Lipinski definition) is 3. The smallest absolute Gasteiger partial charge is 0.339 e. The highest BCUT2D eigenvalue weighted by atomic mass is 35.5. The van der Waals surface area contributed by atoms with Gasteiger partial charge in [-0.1, -0.05) is 41.9 Å². The van der Waals surface area contributed by atoms with Crippen molar-refractivity contribution in [2.75, 3.05) is 5.73 Å². The molecule has 0 saturated heterocycles. The first-order valence-electron chi connectivity index (χ1n) is 4.84. The highest BCUT2D eigenvalue weighted by Gasteiger charge is 2.14. The molecule has 0 amide bonds. The number of hydrogen-bond donors (Lipinski definition) is 2. The van der Waals surface area contributed by atoms with Crippen molar-refractivity contribution >= 4 is 23.4 Å². The summed E-state index contributed by atoms with van der Waals surface area (Å²) in [6.45, 7) is 0. The van der Waals surface area contributed by atoms with E-state index in [1.807, 2.05) is 30.3 Å². The summed E-state index contributed by atoms with van der Waals surface area (Å²) < 4.78 is 0. The highest BCUT2D eigenvalue weighted by Crippen LogP contribution is 2.28. The van der Waals surface area contributed by atoms with Crippen molar-refractivity contribution in [2.45, 2.75) is 0 Å². The maximum atomic E-state index is 10.8. The Morgan fingerprint density at radius 2 is 1.94 bits per heavy atom. The number of aromatic carboxylic acids is 1. The van der Waals surface area contributed by atoms with Gasteiger partial charge in [-0.25, -0.2) is 9.78 Å². The molecular weight excluding hydrogens is 240 g/mol. The van der Waals surface area contributed by atoms with Crippen molar-refractivity contribution < 1.29 is 9.90 Å².